The highest BCUT2D eigenvalue weighted by molar-refractivity contribution is 6.17. The smallest absolute Gasteiger partial charge is 0.213 e. The highest BCUT2D eigenvalue weighted by Gasteiger charge is 2.40. The zero-order chi connectivity index (χ0) is 14.6. The van der Waals surface area contributed by atoms with Crippen LogP contribution in [0.5, 0.6) is 0 Å². The van der Waals surface area contributed by atoms with Crippen LogP contribution in [-0.4, -0.2) is 39.0 Å². The molecule has 0 saturated carbocycles. The van der Waals surface area contributed by atoms with Crippen molar-refractivity contribution in [1.29, 1.82) is 0 Å². The van der Waals surface area contributed by atoms with Crippen LogP contribution in [0.2, 0.25) is 0 Å². The molecule has 2 N–H and O–H groups in total. The van der Waals surface area contributed by atoms with Gasteiger partial charge in [0, 0.05) is 11.3 Å². The largest absolute Gasteiger partial charge is 0.382 e. The average Bonchev–Trinajstić information content (AvgIpc) is 2.45. The number of hydrogen-bond donors (Lipinski definition) is 2. The molecule has 1 aromatic heterocycles. The number of carbonyl (C=O) groups is 2. The number of fused-ring (bicyclic) bond motifs is 1. The van der Waals surface area contributed by atoms with Gasteiger partial charge in [-0.3, -0.25) is 9.59 Å². The number of rotatable bonds is 2. The van der Waals surface area contributed by atoms with E-state index in [1.54, 1.807) is 6.07 Å². The predicted octanol–water partition coefficient (Wildman–Crippen LogP) is 1.16. The maximum absolute atomic E-state index is 11.7. The number of aliphatic hydroxyl groups excluding tert-OH is 2. The van der Waals surface area contributed by atoms with Crippen molar-refractivity contribution in [2.24, 2.45) is 0 Å². The summed E-state index contributed by atoms with van der Waals surface area (Å²) in [6.45, 7) is 5.98. The summed E-state index contributed by atoms with van der Waals surface area (Å²) in [7, 11) is 0. The molecule has 19 heavy (non-hydrogen) atoms. The van der Waals surface area contributed by atoms with Gasteiger partial charge in [0.05, 0.1) is 0 Å². The highest BCUT2D eigenvalue weighted by Crippen LogP contribution is 2.21. The maximum atomic E-state index is 11.7. The minimum atomic E-state index is -1.70. The summed E-state index contributed by atoms with van der Waals surface area (Å²) in [6.07, 6.45) is -1.79. The number of carbonyl (C=O) groups excluding carboxylic acids is 2. The topological polar surface area (TPSA) is 87.5 Å². The molecule has 5 nitrogen and oxygen atoms in total. The van der Waals surface area contributed by atoms with E-state index in [-0.39, 0.29) is 11.3 Å². The van der Waals surface area contributed by atoms with Crippen LogP contribution in [-0.2, 0) is 6.42 Å². The molecule has 2 rings (SSSR count). The van der Waals surface area contributed by atoms with Crippen LogP contribution < -0.4 is 0 Å². The summed E-state index contributed by atoms with van der Waals surface area (Å²) in [5.74, 6) is -1.34. The first-order valence-corrected chi connectivity index (χ1v) is 6.50. The Morgan fingerprint density at radius 3 is 2.26 bits per heavy atom. The van der Waals surface area contributed by atoms with Gasteiger partial charge in [0.2, 0.25) is 5.78 Å². The zero-order valence-electron chi connectivity index (χ0n) is 11.4. The third-order valence-electron chi connectivity index (χ3n) is 2.79. The Balaban J connectivity index is 0.000000861. The van der Waals surface area contributed by atoms with E-state index in [0.29, 0.717) is 12.1 Å². The minimum absolute atomic E-state index is 0.0289. The lowest BCUT2D eigenvalue weighted by molar-refractivity contribution is 0.0179. The highest BCUT2D eigenvalue weighted by atomic mass is 16.3. The molecule has 1 aliphatic carbocycles. The van der Waals surface area contributed by atoms with Gasteiger partial charge >= 0.3 is 0 Å². The van der Waals surface area contributed by atoms with E-state index in [4.69, 9.17) is 0 Å². The first kappa shape index (κ1) is 15.5. The van der Waals surface area contributed by atoms with Crippen LogP contribution in [0.1, 0.15) is 53.7 Å². The fraction of sp³-hybridized carbons (Fsp3) is 0.500. The molecule has 5 heteroatoms. The van der Waals surface area contributed by atoms with E-state index >= 15 is 0 Å². The van der Waals surface area contributed by atoms with E-state index in [9.17, 15) is 19.8 Å². The second kappa shape index (κ2) is 6.54. The third-order valence-corrected chi connectivity index (χ3v) is 2.79. The number of pyridine rings is 1. The average molecular weight is 265 g/mol. The Labute approximate surface area is 112 Å². The molecule has 0 bridgehead atoms. The van der Waals surface area contributed by atoms with Gasteiger partial charge in [0.1, 0.15) is 5.69 Å². The molecule has 0 amide bonds. The summed E-state index contributed by atoms with van der Waals surface area (Å²) in [5.41, 5.74) is 0.766. The van der Waals surface area contributed by atoms with Crippen molar-refractivity contribution in [2.75, 3.05) is 0 Å². The van der Waals surface area contributed by atoms with Gasteiger partial charge in [-0.15, -0.1) is 0 Å². The number of ketones is 2. The summed E-state index contributed by atoms with van der Waals surface area (Å²) in [5, 5.41) is 18.8. The first-order valence-electron chi connectivity index (χ1n) is 6.50. The van der Waals surface area contributed by atoms with Crippen molar-refractivity contribution in [3.05, 3.63) is 29.1 Å². The molecule has 0 saturated heterocycles. The predicted molar refractivity (Wildman–Crippen MR) is 70.3 cm³/mol. The van der Waals surface area contributed by atoms with Gasteiger partial charge in [0.15, 0.2) is 18.0 Å². The Bertz CT molecular complexity index is 484. The number of aliphatic hydroxyl groups is 2. The van der Waals surface area contributed by atoms with Gasteiger partial charge in [-0.05, 0) is 18.6 Å². The van der Waals surface area contributed by atoms with Crippen LogP contribution in [0.25, 0.3) is 0 Å². The lowest BCUT2D eigenvalue weighted by Gasteiger charge is -2.22. The van der Waals surface area contributed by atoms with E-state index in [2.05, 4.69) is 4.98 Å². The number of nitrogens with zero attached hydrogens (tertiary/aromatic N) is 1. The Hall–Kier alpha value is -1.59. The molecule has 1 heterocycles. The molecule has 1 aromatic rings. The van der Waals surface area contributed by atoms with Gasteiger partial charge in [0.25, 0.3) is 0 Å². The summed E-state index contributed by atoms with van der Waals surface area (Å²) < 4.78 is 0. The Morgan fingerprint density at radius 1 is 1.11 bits per heavy atom. The third kappa shape index (κ3) is 2.88. The number of hydrogen-bond acceptors (Lipinski definition) is 5. The van der Waals surface area contributed by atoms with Crippen molar-refractivity contribution in [2.45, 2.75) is 45.8 Å². The molecule has 0 spiro atoms. The number of aromatic nitrogens is 1. The molecule has 2 unspecified atom stereocenters. The fourth-order valence-corrected chi connectivity index (χ4v) is 1.87. The van der Waals surface area contributed by atoms with Gasteiger partial charge in [-0.25, -0.2) is 4.98 Å². The molecule has 0 radical (unpaired) electrons. The van der Waals surface area contributed by atoms with Gasteiger partial charge in [-0.1, -0.05) is 27.2 Å². The summed E-state index contributed by atoms with van der Waals surface area (Å²) in [4.78, 5) is 27.4. The van der Waals surface area contributed by atoms with Gasteiger partial charge in [-0.2, -0.15) is 0 Å². The van der Waals surface area contributed by atoms with Crippen LogP contribution in [0.4, 0.5) is 0 Å². The van der Waals surface area contributed by atoms with Crippen LogP contribution in [0, 0.1) is 0 Å². The molecular weight excluding hydrogens is 246 g/mol. The van der Waals surface area contributed by atoms with Gasteiger partial charge < -0.3 is 10.2 Å². The second-order valence-electron chi connectivity index (χ2n) is 4.07. The molecule has 0 aromatic carbocycles. The Kier molecular flexibility index (Phi) is 5.32. The van der Waals surface area contributed by atoms with E-state index in [0.717, 1.165) is 6.42 Å². The summed E-state index contributed by atoms with van der Waals surface area (Å²) >= 11 is 0. The Morgan fingerprint density at radius 2 is 1.68 bits per heavy atom. The lowest BCUT2D eigenvalue weighted by atomic mass is 9.89. The monoisotopic (exact) mass is 265 g/mol. The molecular formula is C14H19NO4. The van der Waals surface area contributed by atoms with Crippen molar-refractivity contribution in [1.82, 2.24) is 4.98 Å². The first-order chi connectivity index (χ1) is 9.06. The van der Waals surface area contributed by atoms with Crippen molar-refractivity contribution < 1.29 is 19.8 Å². The normalized spacial score (nSPS) is 21.5. The van der Waals surface area contributed by atoms with E-state index in [1.165, 1.54) is 6.07 Å². The standard InChI is InChI=1S/C12H13NO4.C2H6/c1-2-3-6-4-5-7-8(13-6)10(15)12(17)11(16)9(7)14;1-2/h4-5,11-12,16-17H,2-3H2,1H3;1-2H3. The molecule has 0 aliphatic heterocycles. The summed E-state index contributed by atoms with van der Waals surface area (Å²) in [6, 6.07) is 3.15. The fourth-order valence-electron chi connectivity index (χ4n) is 1.87. The lowest BCUT2D eigenvalue weighted by Crippen LogP contribution is -2.45. The quantitative estimate of drug-likeness (QED) is 0.837. The molecule has 104 valence electrons. The maximum Gasteiger partial charge on any atom is 0.213 e. The van der Waals surface area contributed by atoms with Crippen molar-refractivity contribution in [3.8, 4) is 0 Å². The van der Waals surface area contributed by atoms with Crippen LogP contribution in [0.3, 0.4) is 0 Å². The number of aryl methyl sites for hydroxylation is 1. The molecule has 2 atom stereocenters. The minimum Gasteiger partial charge on any atom is -0.382 e. The number of Topliss-reactive ketones (excluding diaryl/α,β-unsaturated/α-hetero) is 2. The molecule has 0 fully saturated rings. The second-order valence-corrected chi connectivity index (χ2v) is 4.07. The zero-order valence-corrected chi connectivity index (χ0v) is 11.4. The molecule has 1 aliphatic rings. The van der Waals surface area contributed by atoms with E-state index in [1.807, 2.05) is 20.8 Å². The van der Waals surface area contributed by atoms with E-state index < -0.39 is 23.8 Å². The van der Waals surface area contributed by atoms with Crippen molar-refractivity contribution >= 4 is 11.6 Å². The SMILES string of the molecule is CC.CCCc1ccc2c(n1)C(=O)C(O)C(O)C2=O. The van der Waals surface area contributed by atoms with Crippen LogP contribution in [0.15, 0.2) is 12.1 Å². The van der Waals surface area contributed by atoms with Crippen LogP contribution >= 0.6 is 0 Å². The van der Waals surface area contributed by atoms with Crippen molar-refractivity contribution in [3.63, 3.8) is 0 Å².